The van der Waals surface area contributed by atoms with E-state index in [0.717, 1.165) is 0 Å². The molecule has 0 aliphatic rings. The number of nitrogens with zero attached hydrogens (tertiary/aromatic N) is 2. The third-order valence-electron chi connectivity index (χ3n) is 2.53. The van der Waals surface area contributed by atoms with Crippen molar-refractivity contribution in [3.05, 3.63) is 56.8 Å². The van der Waals surface area contributed by atoms with E-state index in [1.165, 1.54) is 0 Å². The van der Waals surface area contributed by atoms with Gasteiger partial charge in [-0.1, -0.05) is 23.2 Å². The van der Waals surface area contributed by atoms with E-state index in [0.29, 0.717) is 32.6 Å². The molecule has 0 bridgehead atoms. The number of carbonyl (C=O) groups is 1. The molecule has 0 aliphatic carbocycles. The first-order chi connectivity index (χ1) is 8.49. The second-order valence-electron chi connectivity index (χ2n) is 3.94. The number of ketones is 1. The molecule has 2 rings (SSSR count). The molecule has 0 unspecified atom stereocenters. The number of aryl methyl sites for hydroxylation is 2. The first-order valence-electron chi connectivity index (χ1n) is 5.29. The molecule has 0 spiro atoms. The van der Waals surface area contributed by atoms with Crippen LogP contribution in [0.5, 0.6) is 0 Å². The average Bonchev–Trinajstić information content (AvgIpc) is 2.35. The number of halogens is 2. The van der Waals surface area contributed by atoms with Crippen LogP contribution in [0.3, 0.4) is 0 Å². The lowest BCUT2D eigenvalue weighted by atomic mass is 10.0. The van der Waals surface area contributed by atoms with Gasteiger partial charge in [0.05, 0.1) is 21.4 Å². The molecule has 5 heteroatoms. The van der Waals surface area contributed by atoms with Gasteiger partial charge in [-0.2, -0.15) is 10.2 Å². The maximum atomic E-state index is 12.3. The minimum atomic E-state index is -0.135. The van der Waals surface area contributed by atoms with Crippen molar-refractivity contribution < 1.29 is 4.79 Å². The largest absolute Gasteiger partial charge is 0.289 e. The van der Waals surface area contributed by atoms with E-state index in [-0.39, 0.29) is 5.78 Å². The molecule has 1 aromatic carbocycles. The number of aromatic nitrogens is 2. The first-order valence-corrected chi connectivity index (χ1v) is 6.05. The Morgan fingerprint density at radius 2 is 1.78 bits per heavy atom. The van der Waals surface area contributed by atoms with Gasteiger partial charge in [0, 0.05) is 11.1 Å². The van der Waals surface area contributed by atoms with Crippen LogP contribution < -0.4 is 0 Å². The third kappa shape index (κ3) is 2.52. The number of hydrogen-bond donors (Lipinski definition) is 0. The fourth-order valence-electron chi connectivity index (χ4n) is 1.57. The SMILES string of the molecule is Cc1cc(C(=O)c2ccc(Cl)c(Cl)c2)c(C)nn1. The predicted molar refractivity (Wildman–Crippen MR) is 71.4 cm³/mol. The Labute approximate surface area is 115 Å². The highest BCUT2D eigenvalue weighted by Crippen LogP contribution is 2.24. The zero-order chi connectivity index (χ0) is 13.3. The summed E-state index contributed by atoms with van der Waals surface area (Å²) in [6.45, 7) is 3.54. The maximum Gasteiger partial charge on any atom is 0.195 e. The van der Waals surface area contributed by atoms with Crippen LogP contribution in [-0.2, 0) is 0 Å². The second kappa shape index (κ2) is 5.04. The summed E-state index contributed by atoms with van der Waals surface area (Å²) in [5.74, 6) is -0.135. The Morgan fingerprint density at radius 1 is 1.06 bits per heavy atom. The molecule has 0 aliphatic heterocycles. The lowest BCUT2D eigenvalue weighted by Gasteiger charge is -2.05. The van der Waals surface area contributed by atoms with Crippen LogP contribution >= 0.6 is 23.2 Å². The standard InChI is InChI=1S/C13H10Cl2N2O/c1-7-5-10(8(2)17-16-7)13(18)9-3-4-11(14)12(15)6-9/h3-6H,1-2H3. The normalized spacial score (nSPS) is 10.4. The lowest BCUT2D eigenvalue weighted by Crippen LogP contribution is -2.07. The van der Waals surface area contributed by atoms with Crippen molar-refractivity contribution in [2.45, 2.75) is 13.8 Å². The average molecular weight is 281 g/mol. The molecule has 1 aromatic heterocycles. The molecular formula is C13H10Cl2N2O. The van der Waals surface area contributed by atoms with Gasteiger partial charge in [0.15, 0.2) is 5.78 Å². The van der Waals surface area contributed by atoms with E-state index in [1.54, 1.807) is 38.1 Å². The number of benzene rings is 1. The molecule has 0 saturated carbocycles. The van der Waals surface area contributed by atoms with Crippen molar-refractivity contribution >= 4 is 29.0 Å². The molecule has 0 saturated heterocycles. The third-order valence-corrected chi connectivity index (χ3v) is 3.27. The summed E-state index contributed by atoms with van der Waals surface area (Å²) >= 11 is 11.7. The van der Waals surface area contributed by atoms with Crippen LogP contribution in [0, 0.1) is 13.8 Å². The molecular weight excluding hydrogens is 271 g/mol. The van der Waals surface area contributed by atoms with Crippen LogP contribution in [0.15, 0.2) is 24.3 Å². The number of rotatable bonds is 2. The Kier molecular flexibility index (Phi) is 3.64. The fourth-order valence-corrected chi connectivity index (χ4v) is 1.87. The quantitative estimate of drug-likeness (QED) is 0.789. The van der Waals surface area contributed by atoms with Gasteiger partial charge in [0.1, 0.15) is 0 Å². The summed E-state index contributed by atoms with van der Waals surface area (Å²) in [4.78, 5) is 12.3. The van der Waals surface area contributed by atoms with E-state index in [1.807, 2.05) is 0 Å². The summed E-state index contributed by atoms with van der Waals surface area (Å²) < 4.78 is 0. The van der Waals surface area contributed by atoms with Gasteiger partial charge in [0.2, 0.25) is 0 Å². The molecule has 0 radical (unpaired) electrons. The van der Waals surface area contributed by atoms with Gasteiger partial charge in [-0.05, 0) is 38.1 Å². The summed E-state index contributed by atoms with van der Waals surface area (Å²) in [5, 5.41) is 8.62. The van der Waals surface area contributed by atoms with Crippen LogP contribution in [0.25, 0.3) is 0 Å². The van der Waals surface area contributed by atoms with E-state index in [9.17, 15) is 4.79 Å². The highest BCUT2D eigenvalue weighted by Gasteiger charge is 2.14. The number of carbonyl (C=O) groups excluding carboxylic acids is 1. The van der Waals surface area contributed by atoms with Crippen LogP contribution in [0.1, 0.15) is 27.3 Å². The zero-order valence-electron chi connectivity index (χ0n) is 9.87. The van der Waals surface area contributed by atoms with Gasteiger partial charge < -0.3 is 0 Å². The van der Waals surface area contributed by atoms with Crippen LogP contribution in [-0.4, -0.2) is 16.0 Å². The van der Waals surface area contributed by atoms with Gasteiger partial charge in [-0.25, -0.2) is 0 Å². The Bertz CT molecular complexity index is 626. The fraction of sp³-hybridized carbons (Fsp3) is 0.154. The molecule has 18 heavy (non-hydrogen) atoms. The molecule has 0 fully saturated rings. The van der Waals surface area contributed by atoms with E-state index >= 15 is 0 Å². The summed E-state index contributed by atoms with van der Waals surface area (Å²) in [6, 6.07) is 6.52. The Balaban J connectivity index is 2.47. The highest BCUT2D eigenvalue weighted by atomic mass is 35.5. The lowest BCUT2D eigenvalue weighted by molar-refractivity contribution is 0.103. The summed E-state index contributed by atoms with van der Waals surface area (Å²) in [5.41, 5.74) is 2.31. The second-order valence-corrected chi connectivity index (χ2v) is 4.76. The Hall–Kier alpha value is -1.45. The van der Waals surface area contributed by atoms with Crippen LogP contribution in [0.2, 0.25) is 10.0 Å². The van der Waals surface area contributed by atoms with Gasteiger partial charge in [-0.15, -0.1) is 0 Å². The topological polar surface area (TPSA) is 42.9 Å². The summed E-state index contributed by atoms with van der Waals surface area (Å²) in [7, 11) is 0. The van der Waals surface area contributed by atoms with Crippen molar-refractivity contribution in [2.75, 3.05) is 0 Å². The highest BCUT2D eigenvalue weighted by molar-refractivity contribution is 6.42. The van der Waals surface area contributed by atoms with Gasteiger partial charge >= 0.3 is 0 Å². The molecule has 0 N–H and O–H groups in total. The zero-order valence-corrected chi connectivity index (χ0v) is 11.4. The molecule has 3 nitrogen and oxygen atoms in total. The molecule has 0 atom stereocenters. The molecule has 0 amide bonds. The van der Waals surface area contributed by atoms with E-state index in [4.69, 9.17) is 23.2 Å². The van der Waals surface area contributed by atoms with Crippen molar-refractivity contribution in [3.8, 4) is 0 Å². The van der Waals surface area contributed by atoms with Crippen LogP contribution in [0.4, 0.5) is 0 Å². The first kappa shape index (κ1) is 13.0. The molecule has 1 heterocycles. The maximum absolute atomic E-state index is 12.3. The van der Waals surface area contributed by atoms with Crippen molar-refractivity contribution in [2.24, 2.45) is 0 Å². The minimum absolute atomic E-state index is 0.135. The molecule has 2 aromatic rings. The predicted octanol–water partition coefficient (Wildman–Crippen LogP) is 3.63. The van der Waals surface area contributed by atoms with Crippen molar-refractivity contribution in [1.82, 2.24) is 10.2 Å². The Morgan fingerprint density at radius 3 is 2.44 bits per heavy atom. The van der Waals surface area contributed by atoms with E-state index in [2.05, 4.69) is 10.2 Å². The minimum Gasteiger partial charge on any atom is -0.289 e. The van der Waals surface area contributed by atoms with Crippen molar-refractivity contribution in [1.29, 1.82) is 0 Å². The van der Waals surface area contributed by atoms with Gasteiger partial charge in [0.25, 0.3) is 0 Å². The number of hydrogen-bond acceptors (Lipinski definition) is 3. The van der Waals surface area contributed by atoms with Crippen molar-refractivity contribution in [3.63, 3.8) is 0 Å². The monoisotopic (exact) mass is 280 g/mol. The van der Waals surface area contributed by atoms with E-state index < -0.39 is 0 Å². The smallest absolute Gasteiger partial charge is 0.195 e. The summed E-state index contributed by atoms with van der Waals surface area (Å²) in [6.07, 6.45) is 0. The molecule has 92 valence electrons. The van der Waals surface area contributed by atoms with Gasteiger partial charge in [-0.3, -0.25) is 4.79 Å².